The van der Waals surface area contributed by atoms with Crippen molar-refractivity contribution in [3.8, 4) is 11.5 Å². The molecular weight excluding hydrogens is 466 g/mol. The lowest BCUT2D eigenvalue weighted by atomic mass is 10.2. The van der Waals surface area contributed by atoms with E-state index in [1.807, 2.05) is 39.1 Å². The van der Waals surface area contributed by atoms with Crippen LogP contribution in [0.1, 0.15) is 30.5 Å². The van der Waals surface area contributed by atoms with Crippen LogP contribution in [0.3, 0.4) is 0 Å². The van der Waals surface area contributed by atoms with Gasteiger partial charge in [0.1, 0.15) is 0 Å². The van der Waals surface area contributed by atoms with Crippen LogP contribution in [0.5, 0.6) is 0 Å². The number of piperazine rings is 1. The van der Waals surface area contributed by atoms with Crippen molar-refractivity contribution >= 4 is 15.9 Å². The van der Waals surface area contributed by atoms with Gasteiger partial charge < -0.3 is 9.32 Å². The number of likely N-dealkylation sites (N-methyl/N-ethyl adjacent to an activating group) is 1. The number of nitrogens with zero attached hydrogens (tertiary/aromatic N) is 6. The number of aromatic nitrogens is 3. The second-order valence-electron chi connectivity index (χ2n) is 8.33. The van der Waals surface area contributed by atoms with Crippen LogP contribution in [-0.4, -0.2) is 65.5 Å². The molecule has 1 fully saturated rings. The molecule has 1 atom stereocenters. The molecule has 0 aliphatic carbocycles. The molecule has 3 aromatic rings. The Hall–Kier alpha value is -2.96. The minimum Gasteiger partial charge on any atom is -0.415 e. The van der Waals surface area contributed by atoms with E-state index in [9.17, 15) is 17.2 Å². The van der Waals surface area contributed by atoms with Gasteiger partial charge in [-0.05, 0) is 50.7 Å². The topological polar surface area (TPSA) is 95.7 Å². The third kappa shape index (κ3) is 5.08. The zero-order chi connectivity index (χ0) is 24.5. The van der Waals surface area contributed by atoms with Crippen LogP contribution < -0.4 is 4.31 Å². The first-order valence-electron chi connectivity index (χ1n) is 10.8. The molecule has 0 saturated carbocycles. The van der Waals surface area contributed by atoms with Crippen molar-refractivity contribution in [3.63, 3.8) is 0 Å². The maximum atomic E-state index is 13.7. The minimum absolute atomic E-state index is 0.00109. The maximum absolute atomic E-state index is 13.7. The summed E-state index contributed by atoms with van der Waals surface area (Å²) >= 11 is 0. The predicted octanol–water partition coefficient (Wildman–Crippen LogP) is 3.26. The monoisotopic (exact) mass is 492 g/mol. The quantitative estimate of drug-likeness (QED) is 0.500. The molecule has 0 N–H and O–H groups in total. The van der Waals surface area contributed by atoms with Crippen LogP contribution in [-0.2, 0) is 16.8 Å². The van der Waals surface area contributed by atoms with E-state index in [2.05, 4.69) is 20.1 Å². The van der Waals surface area contributed by atoms with Gasteiger partial charge >= 0.3 is 16.6 Å². The Bertz CT molecular complexity index is 1240. The van der Waals surface area contributed by atoms with Crippen molar-refractivity contribution in [1.29, 1.82) is 0 Å². The molecule has 0 radical (unpaired) electrons. The van der Waals surface area contributed by atoms with Gasteiger partial charge in [0.15, 0.2) is 0 Å². The highest BCUT2D eigenvalue weighted by atomic mass is 32.2. The van der Waals surface area contributed by atoms with Crippen LogP contribution in [0.2, 0.25) is 0 Å². The first-order chi connectivity index (χ1) is 16.1. The zero-order valence-corrected chi connectivity index (χ0v) is 19.9. The number of aryl methyl sites for hydroxylation is 1. The fourth-order valence-electron chi connectivity index (χ4n) is 3.68. The number of rotatable bonds is 7. The molecule has 1 aromatic carbocycles. The molecule has 0 bridgehead atoms. The van der Waals surface area contributed by atoms with Crippen molar-refractivity contribution in [3.05, 3.63) is 59.7 Å². The Balaban J connectivity index is 1.62. The van der Waals surface area contributed by atoms with Gasteiger partial charge in [-0.25, -0.2) is 0 Å². The summed E-state index contributed by atoms with van der Waals surface area (Å²) in [6, 6.07) is 10.6. The average molecular weight is 493 g/mol. The average Bonchev–Trinajstić information content (AvgIpc) is 3.30. The van der Waals surface area contributed by atoms with E-state index in [1.54, 1.807) is 18.2 Å². The van der Waals surface area contributed by atoms with Gasteiger partial charge in [0, 0.05) is 31.9 Å². The molecule has 1 aliphatic heterocycles. The van der Waals surface area contributed by atoms with Crippen molar-refractivity contribution < 1.29 is 21.6 Å². The van der Waals surface area contributed by atoms with Gasteiger partial charge in [0.05, 0.1) is 23.5 Å². The van der Waals surface area contributed by atoms with Crippen LogP contribution in [0.25, 0.3) is 11.5 Å². The molecule has 34 heavy (non-hydrogen) atoms. The standard InChI is InChI=1S/C22H26F2N6O3S/c1-15-5-4-6-19(11-15)30(34(31,32)29-10-9-28(3)16(2)13-29)14-18-8-7-17(12-25-18)21-26-27-22(33-21)20(23)24/h4-8,11-12,16,20H,9-10,13-14H2,1-3H3. The van der Waals surface area contributed by atoms with Crippen LogP contribution in [0, 0.1) is 6.92 Å². The third-order valence-corrected chi connectivity index (χ3v) is 7.70. The molecule has 182 valence electrons. The molecule has 12 heteroatoms. The van der Waals surface area contributed by atoms with Crippen molar-refractivity contribution in [1.82, 2.24) is 24.4 Å². The first-order valence-corrected chi connectivity index (χ1v) is 12.2. The van der Waals surface area contributed by atoms with E-state index >= 15 is 0 Å². The summed E-state index contributed by atoms with van der Waals surface area (Å²) in [6.45, 7) is 5.31. The Kier molecular flexibility index (Phi) is 6.91. The number of halogens is 2. The van der Waals surface area contributed by atoms with Gasteiger partial charge in [-0.2, -0.15) is 21.5 Å². The summed E-state index contributed by atoms with van der Waals surface area (Å²) in [5, 5.41) is 6.93. The predicted molar refractivity (Wildman–Crippen MR) is 122 cm³/mol. The number of anilines is 1. The van der Waals surface area contributed by atoms with Gasteiger partial charge in [0.2, 0.25) is 5.89 Å². The Morgan fingerprint density at radius 2 is 2.00 bits per heavy atom. The lowest BCUT2D eigenvalue weighted by Crippen LogP contribution is -2.55. The van der Waals surface area contributed by atoms with E-state index in [0.717, 1.165) is 5.56 Å². The Morgan fingerprint density at radius 1 is 1.21 bits per heavy atom. The summed E-state index contributed by atoms with van der Waals surface area (Å²) in [5.41, 5.74) is 2.31. The lowest BCUT2D eigenvalue weighted by molar-refractivity contribution is 0.116. The molecular formula is C22H26F2N6O3S. The van der Waals surface area contributed by atoms with E-state index in [4.69, 9.17) is 4.42 Å². The first kappa shape index (κ1) is 24.2. The molecule has 1 saturated heterocycles. The third-order valence-electron chi connectivity index (χ3n) is 5.82. The van der Waals surface area contributed by atoms with Crippen LogP contribution in [0.4, 0.5) is 14.5 Å². The maximum Gasteiger partial charge on any atom is 0.314 e. The number of hydrogen-bond acceptors (Lipinski definition) is 7. The summed E-state index contributed by atoms with van der Waals surface area (Å²) in [7, 11) is -1.86. The molecule has 3 heterocycles. The van der Waals surface area contributed by atoms with Crippen molar-refractivity contribution in [2.75, 3.05) is 31.0 Å². The molecule has 1 unspecified atom stereocenters. The highest BCUT2D eigenvalue weighted by molar-refractivity contribution is 7.90. The van der Waals surface area contributed by atoms with Crippen LogP contribution in [0.15, 0.2) is 47.0 Å². The molecule has 1 aliphatic rings. The van der Waals surface area contributed by atoms with Gasteiger partial charge in [-0.3, -0.25) is 9.29 Å². The fourth-order valence-corrected chi connectivity index (χ4v) is 5.35. The zero-order valence-electron chi connectivity index (χ0n) is 19.1. The SMILES string of the molecule is Cc1cccc(N(Cc2ccc(-c3nnc(C(F)F)o3)cn2)S(=O)(=O)N2CCN(C)C(C)C2)c1. The summed E-state index contributed by atoms with van der Waals surface area (Å²) < 4.78 is 60.7. The largest absolute Gasteiger partial charge is 0.415 e. The number of benzene rings is 1. The molecule has 9 nitrogen and oxygen atoms in total. The normalized spacial score (nSPS) is 17.9. The minimum atomic E-state index is -3.84. The summed E-state index contributed by atoms with van der Waals surface area (Å²) in [5.74, 6) is -0.846. The summed E-state index contributed by atoms with van der Waals surface area (Å²) in [6.07, 6.45) is -1.46. The summed E-state index contributed by atoms with van der Waals surface area (Å²) in [4.78, 5) is 6.46. The van der Waals surface area contributed by atoms with Crippen LogP contribution >= 0.6 is 0 Å². The fraction of sp³-hybridized carbons (Fsp3) is 0.409. The van der Waals surface area contributed by atoms with Gasteiger partial charge in [-0.1, -0.05) is 12.1 Å². The lowest BCUT2D eigenvalue weighted by Gasteiger charge is -2.39. The van der Waals surface area contributed by atoms with E-state index < -0.39 is 22.5 Å². The smallest absolute Gasteiger partial charge is 0.314 e. The number of pyridine rings is 1. The molecule has 0 amide bonds. The molecule has 2 aromatic heterocycles. The van der Waals surface area contributed by atoms with Crippen molar-refractivity contribution in [2.45, 2.75) is 32.9 Å². The van der Waals surface area contributed by atoms with Gasteiger partial charge in [-0.15, -0.1) is 10.2 Å². The Labute approximate surface area is 197 Å². The molecule has 4 rings (SSSR count). The van der Waals surface area contributed by atoms with Crippen molar-refractivity contribution in [2.24, 2.45) is 0 Å². The number of alkyl halides is 2. The number of hydrogen-bond donors (Lipinski definition) is 0. The Morgan fingerprint density at radius 3 is 2.62 bits per heavy atom. The van der Waals surface area contributed by atoms with E-state index in [0.29, 0.717) is 36.6 Å². The highest BCUT2D eigenvalue weighted by Crippen LogP contribution is 2.27. The van der Waals surface area contributed by atoms with Gasteiger partial charge in [0.25, 0.3) is 5.89 Å². The molecule has 0 spiro atoms. The van der Waals surface area contributed by atoms with E-state index in [-0.39, 0.29) is 18.5 Å². The second-order valence-corrected chi connectivity index (χ2v) is 10.2. The van der Waals surface area contributed by atoms with E-state index in [1.165, 1.54) is 14.8 Å². The second kappa shape index (κ2) is 9.72. The highest BCUT2D eigenvalue weighted by Gasteiger charge is 2.35.